The first-order chi connectivity index (χ1) is 27.2. The van der Waals surface area contributed by atoms with E-state index in [-0.39, 0.29) is 85.2 Å². The van der Waals surface area contributed by atoms with Crippen LogP contribution in [0.5, 0.6) is 11.5 Å². The van der Waals surface area contributed by atoms with E-state index in [0.29, 0.717) is 12.2 Å². The van der Waals surface area contributed by atoms with E-state index in [2.05, 4.69) is 20.7 Å². The topological polar surface area (TPSA) is 234 Å². The molecular formula is C38H39Cl4N7O8. The van der Waals surface area contributed by atoms with Crippen LogP contribution in [-0.2, 0) is 19.1 Å². The van der Waals surface area contributed by atoms with Crippen LogP contribution >= 0.6 is 46.4 Å². The van der Waals surface area contributed by atoms with Crippen molar-refractivity contribution >= 4 is 81.3 Å². The van der Waals surface area contributed by atoms with Crippen molar-refractivity contribution in [3.8, 4) is 17.2 Å². The first kappa shape index (κ1) is 44.2. The SMILES string of the molecule is CCCCOC(=O)CN/C=C(\N)c1ccc(C(=O)c2cc(Cl)c(Cl)n2-c2c(C(=O)c3ccc(/C(=C/NCC(=O)OCCCC)N=N)cc3O)[nH]c(Cl)c2Cl)c(O)c1. The summed E-state index contributed by atoms with van der Waals surface area (Å²) in [6.45, 7) is 4.21. The molecule has 0 atom stereocenters. The molecule has 0 aliphatic rings. The molecule has 0 unspecified atom stereocenters. The highest BCUT2D eigenvalue weighted by Crippen LogP contribution is 2.41. The molecule has 2 aromatic carbocycles. The number of benzene rings is 2. The van der Waals surface area contributed by atoms with Crippen molar-refractivity contribution in [2.24, 2.45) is 10.8 Å². The number of aromatic hydroxyl groups is 2. The predicted octanol–water partition coefficient (Wildman–Crippen LogP) is 7.74. The van der Waals surface area contributed by atoms with Gasteiger partial charge in [-0.25, -0.2) is 5.53 Å². The average Bonchev–Trinajstić information content (AvgIpc) is 3.64. The number of nitrogens with zero attached hydrogens (tertiary/aromatic N) is 2. The van der Waals surface area contributed by atoms with Gasteiger partial charge in [0.1, 0.15) is 51.3 Å². The number of phenols is 2. The molecule has 0 saturated carbocycles. The van der Waals surface area contributed by atoms with Gasteiger partial charge in [-0.15, -0.1) is 0 Å². The summed E-state index contributed by atoms with van der Waals surface area (Å²) >= 11 is 26.0. The monoisotopic (exact) mass is 861 g/mol. The van der Waals surface area contributed by atoms with Crippen LogP contribution in [0.1, 0.15) is 82.8 Å². The number of esters is 2. The number of ketones is 2. The lowest BCUT2D eigenvalue weighted by atomic mass is 10.0. The summed E-state index contributed by atoms with van der Waals surface area (Å²) < 4.78 is 11.2. The number of aromatic nitrogens is 2. The number of carbonyl (C=O) groups excluding carboxylic acids is 4. The van der Waals surface area contributed by atoms with Crippen LogP contribution in [0.4, 0.5) is 0 Å². The lowest BCUT2D eigenvalue weighted by Gasteiger charge is -2.13. The maximum atomic E-state index is 14.0. The van der Waals surface area contributed by atoms with Gasteiger partial charge in [0.15, 0.2) is 0 Å². The molecule has 19 heteroatoms. The number of hydrogen-bond acceptors (Lipinski definition) is 13. The highest BCUT2D eigenvalue weighted by atomic mass is 35.5. The van der Waals surface area contributed by atoms with E-state index in [1.807, 2.05) is 13.8 Å². The molecule has 0 aliphatic heterocycles. The molecule has 0 radical (unpaired) electrons. The van der Waals surface area contributed by atoms with Crippen LogP contribution in [0.25, 0.3) is 17.1 Å². The molecule has 4 rings (SSSR count). The summed E-state index contributed by atoms with van der Waals surface area (Å²) in [5, 5.41) is 30.1. The average molecular weight is 864 g/mol. The number of ether oxygens (including phenoxy) is 2. The fourth-order valence-electron chi connectivity index (χ4n) is 5.21. The fraction of sp³-hybridized carbons (Fsp3) is 0.263. The Hall–Kier alpha value is -5.48. The van der Waals surface area contributed by atoms with Gasteiger partial charge in [0.25, 0.3) is 0 Å². The van der Waals surface area contributed by atoms with E-state index < -0.39 is 35.0 Å². The highest BCUT2D eigenvalue weighted by molar-refractivity contribution is 6.45. The summed E-state index contributed by atoms with van der Waals surface area (Å²) in [5.41, 5.74) is 13.3. The Balaban J connectivity index is 1.62. The second kappa shape index (κ2) is 20.6. The van der Waals surface area contributed by atoms with Crippen LogP contribution in [0.15, 0.2) is 60.0 Å². The molecule has 4 aromatic rings. The highest BCUT2D eigenvalue weighted by Gasteiger charge is 2.31. The molecule has 8 N–H and O–H groups in total. The molecule has 2 heterocycles. The molecule has 0 bridgehead atoms. The summed E-state index contributed by atoms with van der Waals surface area (Å²) in [6.07, 6.45) is 5.86. The molecule has 302 valence electrons. The summed E-state index contributed by atoms with van der Waals surface area (Å²) in [4.78, 5) is 54.5. The standard InChI is InChI=1S/C38H39Cl4N7O8/c1-3-5-11-56-30(52)18-45-16-25(43)20-7-9-22(28(50)13-20)35(54)27-15-24(39)38(42)49(27)34-32(40)37(41)47-33(34)36(55)23-10-8-21(14-29(23)51)26(48-44)17-46-19-31(53)57-12-6-4-2/h7-10,13-17,44-47,50-51H,3-6,11-12,18-19,43H2,1-2H3/b25-16-,26-17-,48-44?. The van der Waals surface area contributed by atoms with Crippen LogP contribution in [0.3, 0.4) is 0 Å². The van der Waals surface area contributed by atoms with Gasteiger partial charge in [0.05, 0.1) is 46.4 Å². The van der Waals surface area contributed by atoms with Crippen molar-refractivity contribution in [3.05, 3.63) is 109 Å². The Morgan fingerprint density at radius 3 is 1.95 bits per heavy atom. The zero-order chi connectivity index (χ0) is 41.8. The van der Waals surface area contributed by atoms with Crippen molar-refractivity contribution in [2.75, 3.05) is 26.3 Å². The molecule has 0 saturated heterocycles. The Kier molecular flexibility index (Phi) is 16.0. The fourth-order valence-corrected chi connectivity index (χ4v) is 6.04. The lowest BCUT2D eigenvalue weighted by Crippen LogP contribution is -2.21. The third-order valence-corrected chi connectivity index (χ3v) is 9.70. The van der Waals surface area contributed by atoms with Gasteiger partial charge < -0.3 is 41.0 Å². The first-order valence-corrected chi connectivity index (χ1v) is 19.0. The van der Waals surface area contributed by atoms with E-state index in [1.54, 1.807) is 0 Å². The Bertz CT molecular complexity index is 2230. The quantitative estimate of drug-likeness (QED) is 0.0196. The van der Waals surface area contributed by atoms with Crippen molar-refractivity contribution in [3.63, 3.8) is 0 Å². The summed E-state index contributed by atoms with van der Waals surface area (Å²) in [5.74, 6) is -3.58. The Morgan fingerprint density at radius 2 is 1.39 bits per heavy atom. The van der Waals surface area contributed by atoms with Gasteiger partial charge in [-0.05, 0) is 43.2 Å². The van der Waals surface area contributed by atoms with E-state index in [9.17, 15) is 29.4 Å². The number of aromatic amines is 1. The minimum absolute atomic E-state index is 0.0284. The number of rotatable bonds is 20. The number of phenolic OH excluding ortho intramolecular Hbond substituents is 2. The molecule has 15 nitrogen and oxygen atoms in total. The van der Waals surface area contributed by atoms with Crippen molar-refractivity contribution in [2.45, 2.75) is 39.5 Å². The van der Waals surface area contributed by atoms with E-state index >= 15 is 0 Å². The van der Waals surface area contributed by atoms with Crippen LogP contribution in [0, 0.1) is 5.53 Å². The van der Waals surface area contributed by atoms with Gasteiger partial charge in [-0.3, -0.25) is 23.7 Å². The number of carbonyl (C=O) groups is 4. The third kappa shape index (κ3) is 10.9. The lowest BCUT2D eigenvalue weighted by molar-refractivity contribution is -0.143. The predicted molar refractivity (Wildman–Crippen MR) is 216 cm³/mol. The minimum atomic E-state index is -0.833. The molecule has 0 fully saturated rings. The first-order valence-electron chi connectivity index (χ1n) is 17.4. The van der Waals surface area contributed by atoms with Gasteiger partial charge in [0, 0.05) is 23.5 Å². The molecule has 2 aromatic heterocycles. The largest absolute Gasteiger partial charge is 0.507 e. The van der Waals surface area contributed by atoms with Crippen LogP contribution < -0.4 is 16.4 Å². The van der Waals surface area contributed by atoms with E-state index in [0.717, 1.165) is 30.3 Å². The minimum Gasteiger partial charge on any atom is -0.507 e. The van der Waals surface area contributed by atoms with Gasteiger partial charge in [-0.1, -0.05) is 85.2 Å². The number of hydrogen-bond donors (Lipinski definition) is 7. The number of halogens is 4. The van der Waals surface area contributed by atoms with Gasteiger partial charge >= 0.3 is 11.9 Å². The van der Waals surface area contributed by atoms with Crippen LogP contribution in [0.2, 0.25) is 20.4 Å². The van der Waals surface area contributed by atoms with Gasteiger partial charge in [-0.2, -0.15) is 5.11 Å². The maximum Gasteiger partial charge on any atom is 0.325 e. The molecule has 57 heavy (non-hydrogen) atoms. The number of nitrogens with one attached hydrogen (secondary N) is 4. The summed E-state index contributed by atoms with van der Waals surface area (Å²) in [6, 6.07) is 9.09. The molecule has 0 amide bonds. The normalized spacial score (nSPS) is 11.6. The Labute approximate surface area is 347 Å². The van der Waals surface area contributed by atoms with Gasteiger partial charge in [0.2, 0.25) is 11.6 Å². The van der Waals surface area contributed by atoms with Crippen LogP contribution in [-0.4, -0.2) is 69.6 Å². The van der Waals surface area contributed by atoms with E-state index in [1.165, 1.54) is 54.9 Å². The molecule has 0 aliphatic carbocycles. The Morgan fingerprint density at radius 1 is 0.842 bits per heavy atom. The molecule has 0 spiro atoms. The van der Waals surface area contributed by atoms with Crippen molar-refractivity contribution in [1.82, 2.24) is 20.2 Å². The zero-order valence-corrected chi connectivity index (χ0v) is 33.7. The third-order valence-electron chi connectivity index (χ3n) is 8.20. The number of H-pyrrole nitrogens is 1. The second-order valence-corrected chi connectivity index (χ2v) is 13.8. The number of unbranched alkanes of at least 4 members (excludes halogenated alkanes) is 2. The molecular weight excluding hydrogens is 824 g/mol. The van der Waals surface area contributed by atoms with Crippen molar-refractivity contribution < 1.29 is 38.9 Å². The smallest absolute Gasteiger partial charge is 0.325 e. The second-order valence-electron chi connectivity index (χ2n) is 12.3. The zero-order valence-electron chi connectivity index (χ0n) is 30.7. The van der Waals surface area contributed by atoms with E-state index in [4.69, 9.17) is 67.1 Å². The van der Waals surface area contributed by atoms with Crippen molar-refractivity contribution in [1.29, 1.82) is 5.53 Å². The summed E-state index contributed by atoms with van der Waals surface area (Å²) in [7, 11) is 0. The number of nitrogens with two attached hydrogens (primary N) is 1. The maximum absolute atomic E-state index is 14.0.